The molecule has 0 bridgehead atoms. The van der Waals surface area contributed by atoms with Crippen LogP contribution in [0.5, 0.6) is 0 Å². The van der Waals surface area contributed by atoms with E-state index < -0.39 is 17.9 Å². The van der Waals surface area contributed by atoms with Gasteiger partial charge in [0.15, 0.2) is 0 Å². The van der Waals surface area contributed by atoms with Crippen LogP contribution in [0.15, 0.2) is 24.3 Å². The van der Waals surface area contributed by atoms with Crippen LogP contribution in [0.2, 0.25) is 10.3 Å². The molecule has 0 N–H and O–H groups in total. The fourth-order valence-electron chi connectivity index (χ4n) is 3.54. The predicted molar refractivity (Wildman–Crippen MR) is 94.2 cm³/mol. The Hall–Kier alpha value is -0.171. The fraction of sp³-hybridized carbons (Fsp3) is 0.667. The van der Waals surface area contributed by atoms with Crippen LogP contribution < -0.4 is 4.46 Å². The summed E-state index contributed by atoms with van der Waals surface area (Å²) < 4.78 is 31.8. The Kier molecular flexibility index (Phi) is 4.71. The summed E-state index contributed by atoms with van der Waals surface area (Å²) >= 11 is 6.22. The molecule has 3 saturated heterocycles. The number of rotatable bonds is 3. The molecule has 1 aromatic rings. The van der Waals surface area contributed by atoms with Crippen molar-refractivity contribution < 1.29 is 23.7 Å². The normalized spacial score (nSPS) is 38.4. The summed E-state index contributed by atoms with van der Waals surface area (Å²) in [5.41, 5.74) is 0. The van der Waals surface area contributed by atoms with Gasteiger partial charge in [-0.25, -0.2) is 0 Å². The van der Waals surface area contributed by atoms with Gasteiger partial charge in [-0.15, -0.1) is 0 Å². The van der Waals surface area contributed by atoms with Gasteiger partial charge in [-0.3, -0.25) is 0 Å². The van der Waals surface area contributed by atoms with Crippen molar-refractivity contribution in [1.29, 1.82) is 0 Å². The van der Waals surface area contributed by atoms with Crippen LogP contribution in [0, 0.1) is 0 Å². The molecule has 0 amide bonds. The van der Waals surface area contributed by atoms with Crippen molar-refractivity contribution >= 4 is 31.0 Å². The van der Waals surface area contributed by atoms with Gasteiger partial charge in [-0.05, 0) is 0 Å². The summed E-state index contributed by atoms with van der Waals surface area (Å²) in [5.74, 6) is -1.32. The van der Waals surface area contributed by atoms with E-state index in [1.54, 1.807) is 0 Å². The molecule has 0 radical (unpaired) electrons. The Bertz CT molecular complexity index is 635. The molecule has 0 saturated carbocycles. The van der Waals surface area contributed by atoms with E-state index in [-0.39, 0.29) is 39.4 Å². The third-order valence-corrected chi connectivity index (χ3v) is 7.04. The van der Waals surface area contributed by atoms with Crippen molar-refractivity contribution in [3.8, 4) is 0 Å². The van der Waals surface area contributed by atoms with E-state index in [2.05, 4.69) is 12.1 Å². The third-order valence-electron chi connectivity index (χ3n) is 4.48. The second-order valence-electron chi connectivity index (χ2n) is 7.47. The molecule has 7 heteroatoms. The summed E-state index contributed by atoms with van der Waals surface area (Å²) in [6, 6.07) is 7.99. The molecule has 0 aromatic heterocycles. The zero-order valence-electron chi connectivity index (χ0n) is 14.7. The monoisotopic (exact) mass is 434 g/mol. The van der Waals surface area contributed by atoms with Crippen LogP contribution in [-0.4, -0.2) is 57.2 Å². The molecule has 0 unspecified atom stereocenters. The van der Waals surface area contributed by atoms with Gasteiger partial charge >= 0.3 is 159 Å². The second kappa shape index (κ2) is 6.47. The number of benzene rings is 1. The molecule has 0 spiro atoms. The van der Waals surface area contributed by atoms with E-state index in [4.69, 9.17) is 35.3 Å². The summed E-state index contributed by atoms with van der Waals surface area (Å²) in [6.45, 7) is 7.67. The molecule has 138 valence electrons. The molecule has 3 aliphatic rings. The first-order valence-corrected chi connectivity index (χ1v) is 10.9. The Morgan fingerprint density at radius 1 is 0.880 bits per heavy atom. The van der Waals surface area contributed by atoms with E-state index in [9.17, 15) is 0 Å². The molecular formula is C18H23ClO5Se. The minimum atomic E-state index is -0.674. The van der Waals surface area contributed by atoms with Gasteiger partial charge in [0.2, 0.25) is 0 Å². The van der Waals surface area contributed by atoms with Crippen molar-refractivity contribution in [2.75, 3.05) is 0 Å². The zero-order valence-corrected chi connectivity index (χ0v) is 17.2. The van der Waals surface area contributed by atoms with E-state index in [1.165, 1.54) is 4.46 Å². The van der Waals surface area contributed by atoms with E-state index in [1.807, 2.05) is 39.8 Å². The number of ether oxygens (including phenoxy) is 5. The molecule has 3 fully saturated rings. The van der Waals surface area contributed by atoms with Gasteiger partial charge in [0.1, 0.15) is 0 Å². The molecule has 1 aromatic carbocycles. The SMILES string of the molecule is CC1(C)O[C@H]2[C@@H](O1)[C@@H](C[Se]c1ccc(Cl)cc1)O[C@@H]1OC(C)(C)O[C@@H]12. The van der Waals surface area contributed by atoms with Crippen molar-refractivity contribution in [3.05, 3.63) is 29.3 Å². The van der Waals surface area contributed by atoms with Crippen molar-refractivity contribution in [3.63, 3.8) is 0 Å². The number of halogens is 1. The summed E-state index contributed by atoms with van der Waals surface area (Å²) in [6.07, 6.45) is -1.09. The topological polar surface area (TPSA) is 46.2 Å². The van der Waals surface area contributed by atoms with Crippen LogP contribution in [0.3, 0.4) is 0 Å². The summed E-state index contributed by atoms with van der Waals surface area (Å²) in [4.78, 5) is 0. The molecule has 4 rings (SSSR count). The average molecular weight is 434 g/mol. The molecule has 5 atom stereocenters. The third kappa shape index (κ3) is 3.78. The summed E-state index contributed by atoms with van der Waals surface area (Å²) in [7, 11) is 0. The average Bonchev–Trinajstić information content (AvgIpc) is 3.00. The van der Waals surface area contributed by atoms with E-state index >= 15 is 0 Å². The Morgan fingerprint density at radius 3 is 2.20 bits per heavy atom. The molecule has 0 aliphatic carbocycles. The van der Waals surface area contributed by atoms with E-state index in [0.29, 0.717) is 0 Å². The van der Waals surface area contributed by atoms with Crippen LogP contribution in [-0.2, 0) is 23.7 Å². The van der Waals surface area contributed by atoms with Gasteiger partial charge in [-0.2, -0.15) is 0 Å². The Morgan fingerprint density at radius 2 is 1.48 bits per heavy atom. The van der Waals surface area contributed by atoms with Crippen molar-refractivity contribution in [2.24, 2.45) is 0 Å². The molecule has 3 heterocycles. The first kappa shape index (κ1) is 18.2. The van der Waals surface area contributed by atoms with E-state index in [0.717, 1.165) is 10.3 Å². The predicted octanol–water partition coefficient (Wildman–Crippen LogP) is 2.48. The van der Waals surface area contributed by atoms with Crippen LogP contribution in [0.4, 0.5) is 0 Å². The molecule has 5 nitrogen and oxygen atoms in total. The van der Waals surface area contributed by atoms with Gasteiger partial charge in [0.25, 0.3) is 0 Å². The van der Waals surface area contributed by atoms with Crippen molar-refractivity contribution in [1.82, 2.24) is 0 Å². The Balaban J connectivity index is 1.50. The Labute approximate surface area is 159 Å². The van der Waals surface area contributed by atoms with Gasteiger partial charge in [0, 0.05) is 0 Å². The number of hydrogen-bond acceptors (Lipinski definition) is 5. The fourth-order valence-corrected chi connectivity index (χ4v) is 5.66. The zero-order chi connectivity index (χ0) is 17.8. The van der Waals surface area contributed by atoms with Gasteiger partial charge < -0.3 is 0 Å². The van der Waals surface area contributed by atoms with Crippen LogP contribution in [0.25, 0.3) is 0 Å². The standard InChI is InChI=1S/C18H23ClO5Se/c1-17(2)21-13-12(9-25-11-7-5-10(19)6-8-11)20-16-15(14(13)22-17)23-18(3,4)24-16/h5-8,12-16H,9H2,1-4H3/t12-,13+,14+,15-,16-/m1/s1. The maximum atomic E-state index is 6.24. The second-order valence-corrected chi connectivity index (χ2v) is 10.2. The number of fused-ring (bicyclic) bond motifs is 3. The number of hydrogen-bond donors (Lipinski definition) is 0. The minimum absolute atomic E-state index is 0.0822. The van der Waals surface area contributed by atoms with Crippen LogP contribution in [0.1, 0.15) is 27.7 Å². The first-order chi connectivity index (χ1) is 11.7. The van der Waals surface area contributed by atoms with Crippen LogP contribution >= 0.6 is 11.6 Å². The quantitative estimate of drug-likeness (QED) is 0.685. The molecule has 3 aliphatic heterocycles. The van der Waals surface area contributed by atoms with Gasteiger partial charge in [-0.1, -0.05) is 0 Å². The molecule has 25 heavy (non-hydrogen) atoms. The first-order valence-electron chi connectivity index (χ1n) is 8.48. The molecular weight excluding hydrogens is 411 g/mol. The summed E-state index contributed by atoms with van der Waals surface area (Å²) in [5, 5.41) is 1.63. The van der Waals surface area contributed by atoms with Crippen molar-refractivity contribution in [2.45, 2.75) is 75.3 Å². The maximum absolute atomic E-state index is 6.24. The van der Waals surface area contributed by atoms with Gasteiger partial charge in [0.05, 0.1) is 0 Å².